The summed E-state index contributed by atoms with van der Waals surface area (Å²) in [5, 5.41) is 13.0. The third kappa shape index (κ3) is 2.15. The fourth-order valence-corrected chi connectivity index (χ4v) is 1.92. The predicted molar refractivity (Wildman–Crippen MR) is 54.1 cm³/mol. The lowest BCUT2D eigenvalue weighted by atomic mass is 10.4. The van der Waals surface area contributed by atoms with Gasteiger partial charge in [0.25, 0.3) is 5.91 Å². The van der Waals surface area contributed by atoms with Crippen LogP contribution in [0.15, 0.2) is 5.38 Å². The standard InChI is InChI=1S/C9H10N2O3S/c1-4-2-5(4)10-7(12)8-11-6(3-15-8)9(13)14/h3-5H,2H2,1H3,(H,10,12)(H,13,14). The maximum absolute atomic E-state index is 11.5. The highest BCUT2D eigenvalue weighted by atomic mass is 32.1. The molecule has 0 radical (unpaired) electrons. The van der Waals surface area contributed by atoms with Crippen molar-refractivity contribution in [3.8, 4) is 0 Å². The molecule has 2 rings (SSSR count). The summed E-state index contributed by atoms with van der Waals surface area (Å²) in [5.41, 5.74) is -0.0750. The van der Waals surface area contributed by atoms with E-state index >= 15 is 0 Å². The van der Waals surface area contributed by atoms with Crippen LogP contribution < -0.4 is 5.32 Å². The molecule has 0 bridgehead atoms. The Balaban J connectivity index is 2.02. The molecule has 80 valence electrons. The van der Waals surface area contributed by atoms with Crippen molar-refractivity contribution in [1.29, 1.82) is 0 Å². The summed E-state index contributed by atoms with van der Waals surface area (Å²) >= 11 is 1.05. The second-order valence-electron chi connectivity index (χ2n) is 3.64. The second-order valence-corrected chi connectivity index (χ2v) is 4.49. The molecule has 1 fully saturated rings. The van der Waals surface area contributed by atoms with E-state index in [-0.39, 0.29) is 22.7 Å². The van der Waals surface area contributed by atoms with E-state index < -0.39 is 5.97 Å². The number of carboxylic acid groups (broad SMARTS) is 1. The number of aromatic nitrogens is 1. The van der Waals surface area contributed by atoms with Gasteiger partial charge in [0.2, 0.25) is 0 Å². The van der Waals surface area contributed by atoms with Gasteiger partial charge in [-0.2, -0.15) is 0 Å². The van der Waals surface area contributed by atoms with Crippen molar-refractivity contribution in [1.82, 2.24) is 10.3 Å². The predicted octanol–water partition coefficient (Wildman–Crippen LogP) is 0.979. The molecule has 1 amide bonds. The SMILES string of the molecule is CC1CC1NC(=O)c1nc(C(=O)O)cs1. The molecule has 1 aromatic rings. The Morgan fingerprint density at radius 2 is 2.33 bits per heavy atom. The van der Waals surface area contributed by atoms with Gasteiger partial charge >= 0.3 is 5.97 Å². The van der Waals surface area contributed by atoms with Crippen molar-refractivity contribution in [2.24, 2.45) is 5.92 Å². The summed E-state index contributed by atoms with van der Waals surface area (Å²) < 4.78 is 0. The molecule has 0 saturated heterocycles. The van der Waals surface area contributed by atoms with Crippen LogP contribution in [-0.2, 0) is 0 Å². The smallest absolute Gasteiger partial charge is 0.355 e. The van der Waals surface area contributed by atoms with Gasteiger partial charge in [-0.1, -0.05) is 6.92 Å². The molecule has 2 N–H and O–H groups in total. The minimum atomic E-state index is -1.11. The summed E-state index contributed by atoms with van der Waals surface area (Å²) in [4.78, 5) is 25.8. The van der Waals surface area contributed by atoms with E-state index in [4.69, 9.17) is 5.11 Å². The molecule has 2 unspecified atom stereocenters. The maximum Gasteiger partial charge on any atom is 0.355 e. The van der Waals surface area contributed by atoms with Crippen LogP contribution in [0.4, 0.5) is 0 Å². The van der Waals surface area contributed by atoms with Crippen LogP contribution in [0.3, 0.4) is 0 Å². The zero-order valence-electron chi connectivity index (χ0n) is 8.06. The van der Waals surface area contributed by atoms with E-state index in [1.807, 2.05) is 0 Å². The van der Waals surface area contributed by atoms with Gasteiger partial charge in [-0.25, -0.2) is 9.78 Å². The van der Waals surface area contributed by atoms with Crippen LogP contribution in [-0.4, -0.2) is 28.0 Å². The normalized spacial score (nSPS) is 23.5. The van der Waals surface area contributed by atoms with Crippen molar-refractivity contribution in [2.45, 2.75) is 19.4 Å². The molecule has 1 aliphatic carbocycles. The van der Waals surface area contributed by atoms with E-state index in [0.29, 0.717) is 5.92 Å². The van der Waals surface area contributed by atoms with E-state index in [9.17, 15) is 9.59 Å². The molecular weight excluding hydrogens is 216 g/mol. The molecule has 1 saturated carbocycles. The summed E-state index contributed by atoms with van der Waals surface area (Å²) in [6, 6.07) is 0.231. The molecule has 0 aliphatic heterocycles. The summed E-state index contributed by atoms with van der Waals surface area (Å²) in [6.45, 7) is 2.05. The Bertz CT molecular complexity index is 415. The van der Waals surface area contributed by atoms with Crippen LogP contribution >= 0.6 is 11.3 Å². The van der Waals surface area contributed by atoms with E-state index in [1.165, 1.54) is 5.38 Å². The zero-order chi connectivity index (χ0) is 11.0. The topological polar surface area (TPSA) is 79.3 Å². The number of hydrogen-bond donors (Lipinski definition) is 2. The molecule has 1 aromatic heterocycles. The highest BCUT2D eigenvalue weighted by Crippen LogP contribution is 2.29. The average Bonchev–Trinajstić information content (AvgIpc) is 2.71. The van der Waals surface area contributed by atoms with Gasteiger partial charge in [-0.15, -0.1) is 11.3 Å². The number of amides is 1. The Morgan fingerprint density at radius 1 is 1.67 bits per heavy atom. The fourth-order valence-electron chi connectivity index (χ4n) is 1.23. The number of aromatic carboxylic acids is 1. The maximum atomic E-state index is 11.5. The lowest BCUT2D eigenvalue weighted by Crippen LogP contribution is -2.26. The van der Waals surface area contributed by atoms with Crippen LogP contribution in [0, 0.1) is 5.92 Å². The summed E-state index contributed by atoms with van der Waals surface area (Å²) in [5.74, 6) is -0.861. The Labute approximate surface area is 90.1 Å². The number of carbonyl (C=O) groups is 2. The van der Waals surface area contributed by atoms with E-state index in [1.54, 1.807) is 0 Å². The van der Waals surface area contributed by atoms with Gasteiger partial charge in [0, 0.05) is 11.4 Å². The number of thiazole rings is 1. The third-order valence-electron chi connectivity index (χ3n) is 2.34. The van der Waals surface area contributed by atoms with Crippen LogP contribution in [0.2, 0.25) is 0 Å². The van der Waals surface area contributed by atoms with Gasteiger partial charge < -0.3 is 10.4 Å². The Hall–Kier alpha value is -1.43. The number of hydrogen-bond acceptors (Lipinski definition) is 4. The van der Waals surface area contributed by atoms with Gasteiger partial charge in [0.15, 0.2) is 10.7 Å². The average molecular weight is 226 g/mol. The first-order valence-electron chi connectivity index (χ1n) is 4.57. The highest BCUT2D eigenvalue weighted by Gasteiger charge is 2.34. The van der Waals surface area contributed by atoms with Crippen molar-refractivity contribution >= 4 is 23.2 Å². The molecule has 6 heteroatoms. The molecule has 0 spiro atoms. The minimum absolute atomic E-state index is 0.0750. The monoisotopic (exact) mass is 226 g/mol. The molecule has 1 aliphatic rings. The zero-order valence-corrected chi connectivity index (χ0v) is 8.87. The van der Waals surface area contributed by atoms with Crippen molar-refractivity contribution in [3.63, 3.8) is 0 Å². The number of carbonyl (C=O) groups excluding carboxylic acids is 1. The number of nitrogens with one attached hydrogen (secondary N) is 1. The lowest BCUT2D eigenvalue weighted by Gasteiger charge is -1.98. The van der Waals surface area contributed by atoms with Gasteiger partial charge in [0.1, 0.15) is 0 Å². The summed E-state index contributed by atoms with van der Waals surface area (Å²) in [6.07, 6.45) is 0.989. The number of carboxylic acids is 1. The van der Waals surface area contributed by atoms with Crippen LogP contribution in [0.5, 0.6) is 0 Å². The molecule has 5 nitrogen and oxygen atoms in total. The third-order valence-corrected chi connectivity index (χ3v) is 3.18. The van der Waals surface area contributed by atoms with E-state index in [0.717, 1.165) is 17.8 Å². The van der Waals surface area contributed by atoms with Gasteiger partial charge in [0.05, 0.1) is 0 Å². The summed E-state index contributed by atoms with van der Waals surface area (Å²) in [7, 11) is 0. The first kappa shape index (κ1) is 10.1. The minimum Gasteiger partial charge on any atom is -0.476 e. The van der Waals surface area contributed by atoms with Crippen LogP contribution in [0.25, 0.3) is 0 Å². The number of nitrogens with zero attached hydrogens (tertiary/aromatic N) is 1. The molecular formula is C9H10N2O3S. The largest absolute Gasteiger partial charge is 0.476 e. The first-order chi connectivity index (χ1) is 7.08. The van der Waals surface area contributed by atoms with Crippen molar-refractivity contribution in [3.05, 3.63) is 16.1 Å². The second kappa shape index (κ2) is 3.62. The molecule has 0 aromatic carbocycles. The quantitative estimate of drug-likeness (QED) is 0.805. The number of rotatable bonds is 3. The van der Waals surface area contributed by atoms with Crippen molar-refractivity contribution < 1.29 is 14.7 Å². The lowest BCUT2D eigenvalue weighted by molar-refractivity contribution is 0.0691. The molecule has 15 heavy (non-hydrogen) atoms. The molecule has 1 heterocycles. The van der Waals surface area contributed by atoms with Gasteiger partial charge in [-0.3, -0.25) is 4.79 Å². The first-order valence-corrected chi connectivity index (χ1v) is 5.45. The van der Waals surface area contributed by atoms with Gasteiger partial charge in [-0.05, 0) is 12.3 Å². The highest BCUT2D eigenvalue weighted by molar-refractivity contribution is 7.11. The Kier molecular flexibility index (Phi) is 2.44. The van der Waals surface area contributed by atoms with E-state index in [2.05, 4.69) is 17.2 Å². The molecule has 2 atom stereocenters. The van der Waals surface area contributed by atoms with Crippen LogP contribution in [0.1, 0.15) is 33.6 Å². The Morgan fingerprint density at radius 3 is 2.80 bits per heavy atom. The fraction of sp³-hybridized carbons (Fsp3) is 0.444. The van der Waals surface area contributed by atoms with Crippen molar-refractivity contribution in [2.75, 3.05) is 0 Å².